The van der Waals surface area contributed by atoms with Crippen LogP contribution >= 0.6 is 11.6 Å². The molecule has 1 aromatic rings. The fraction of sp³-hybridized carbons (Fsp3) is 0.652. The van der Waals surface area contributed by atoms with Crippen LogP contribution in [-0.2, 0) is 4.79 Å². The Morgan fingerprint density at radius 2 is 1.93 bits per heavy atom. The lowest BCUT2D eigenvalue weighted by atomic mass is 9.74. The molecule has 0 bridgehead atoms. The summed E-state index contributed by atoms with van der Waals surface area (Å²) in [6.45, 7) is 4.63. The van der Waals surface area contributed by atoms with Crippen LogP contribution < -0.4 is 10.6 Å². The zero-order chi connectivity index (χ0) is 21.5. The number of benzene rings is 1. The Morgan fingerprint density at radius 1 is 1.23 bits per heavy atom. The minimum atomic E-state index is -0.317. The highest BCUT2D eigenvalue weighted by atomic mass is 35.5. The van der Waals surface area contributed by atoms with Crippen LogP contribution in [0.4, 0.5) is 10.1 Å². The lowest BCUT2D eigenvalue weighted by molar-refractivity contribution is -0.118. The molecule has 1 aliphatic heterocycles. The summed E-state index contributed by atoms with van der Waals surface area (Å²) in [4.78, 5) is 15.6. The number of nitriles is 1. The van der Waals surface area contributed by atoms with Crippen molar-refractivity contribution in [3.05, 3.63) is 29.0 Å². The Balaban J connectivity index is 1.36. The van der Waals surface area contributed by atoms with Gasteiger partial charge in [0.15, 0.2) is 0 Å². The SMILES string of the molecule is N#CC(CCC(N)=O)C1CCC(CCN2CCN(c3ccc(Cl)cc3F)CC2)CC1. The molecular weight excluding hydrogens is 403 g/mol. The number of hydrogen-bond acceptors (Lipinski definition) is 4. The van der Waals surface area contributed by atoms with Gasteiger partial charge in [0.05, 0.1) is 11.8 Å². The summed E-state index contributed by atoms with van der Waals surface area (Å²) in [6, 6.07) is 7.29. The topological polar surface area (TPSA) is 73.4 Å². The number of carbonyl (C=O) groups excluding carboxylic acids is 1. The zero-order valence-electron chi connectivity index (χ0n) is 17.5. The molecule has 1 saturated carbocycles. The standard InChI is InChI=1S/C23H32ClFN4O/c24-20-6-7-22(21(25)15-20)29-13-11-28(12-14-29)10-9-17-1-3-18(4-2-17)19(16-26)5-8-23(27)30/h6-7,15,17-19H,1-5,8-14H2,(H2,27,30). The van der Waals surface area contributed by atoms with Crippen LogP contribution in [0.25, 0.3) is 0 Å². The van der Waals surface area contributed by atoms with E-state index in [-0.39, 0.29) is 17.6 Å². The van der Waals surface area contributed by atoms with E-state index in [1.807, 2.05) is 0 Å². The van der Waals surface area contributed by atoms with Gasteiger partial charge in [-0.1, -0.05) is 24.4 Å². The first kappa shape index (κ1) is 22.8. The molecule has 2 N–H and O–H groups in total. The summed E-state index contributed by atoms with van der Waals surface area (Å²) in [5, 5.41) is 9.85. The molecule has 2 aliphatic rings. The van der Waals surface area contributed by atoms with E-state index in [2.05, 4.69) is 15.9 Å². The summed E-state index contributed by atoms with van der Waals surface area (Å²) in [7, 11) is 0. The molecule has 0 radical (unpaired) electrons. The van der Waals surface area contributed by atoms with E-state index in [1.54, 1.807) is 12.1 Å². The highest BCUT2D eigenvalue weighted by molar-refractivity contribution is 6.30. The fourth-order valence-electron chi connectivity index (χ4n) is 4.90. The third-order valence-electron chi connectivity index (χ3n) is 6.80. The number of hydrogen-bond donors (Lipinski definition) is 1. The number of anilines is 1. The Morgan fingerprint density at radius 3 is 2.53 bits per heavy atom. The number of amides is 1. The molecule has 7 heteroatoms. The van der Waals surface area contributed by atoms with E-state index in [1.165, 1.54) is 12.5 Å². The van der Waals surface area contributed by atoms with Gasteiger partial charge in [-0.2, -0.15) is 5.26 Å². The van der Waals surface area contributed by atoms with Gasteiger partial charge in [0.25, 0.3) is 0 Å². The normalized spacial score (nSPS) is 23.7. The highest BCUT2D eigenvalue weighted by Crippen LogP contribution is 2.36. The first-order valence-corrected chi connectivity index (χ1v) is 11.4. The maximum absolute atomic E-state index is 14.1. The second-order valence-corrected chi connectivity index (χ2v) is 9.17. The van der Waals surface area contributed by atoms with Crippen molar-refractivity contribution in [2.45, 2.75) is 44.9 Å². The monoisotopic (exact) mass is 434 g/mol. The van der Waals surface area contributed by atoms with Gasteiger partial charge in [0, 0.05) is 43.5 Å². The highest BCUT2D eigenvalue weighted by Gasteiger charge is 2.28. The Kier molecular flexibility index (Phi) is 8.35. The average molecular weight is 435 g/mol. The maximum atomic E-state index is 14.1. The number of halogens is 2. The van der Waals surface area contributed by atoms with E-state index >= 15 is 0 Å². The number of nitrogens with two attached hydrogens (primary N) is 1. The van der Waals surface area contributed by atoms with Crippen LogP contribution in [0.5, 0.6) is 0 Å². The lowest BCUT2D eigenvalue weighted by Gasteiger charge is -2.37. The summed E-state index contributed by atoms with van der Waals surface area (Å²) in [5.74, 6) is 0.508. The molecule has 0 spiro atoms. The quantitative estimate of drug-likeness (QED) is 0.665. The Labute approximate surface area is 184 Å². The van der Waals surface area contributed by atoms with Crippen molar-refractivity contribution in [3.63, 3.8) is 0 Å². The number of carbonyl (C=O) groups is 1. The zero-order valence-corrected chi connectivity index (χ0v) is 18.3. The third kappa shape index (κ3) is 6.33. The van der Waals surface area contributed by atoms with Crippen LogP contribution in [0.2, 0.25) is 5.02 Å². The Hall–Kier alpha value is -1.84. The van der Waals surface area contributed by atoms with Gasteiger partial charge >= 0.3 is 0 Å². The van der Waals surface area contributed by atoms with Crippen LogP contribution in [0, 0.1) is 34.9 Å². The molecule has 2 fully saturated rings. The van der Waals surface area contributed by atoms with E-state index < -0.39 is 0 Å². The number of primary amides is 1. The Bertz CT molecular complexity index is 752. The van der Waals surface area contributed by atoms with Gasteiger partial charge in [0.2, 0.25) is 5.91 Å². The van der Waals surface area contributed by atoms with Crippen LogP contribution in [0.3, 0.4) is 0 Å². The maximum Gasteiger partial charge on any atom is 0.217 e. The second kappa shape index (κ2) is 11.0. The molecule has 1 aliphatic carbocycles. The van der Waals surface area contributed by atoms with Crippen molar-refractivity contribution in [2.24, 2.45) is 23.5 Å². The summed E-state index contributed by atoms with van der Waals surface area (Å²) in [6.07, 6.45) is 6.56. The largest absolute Gasteiger partial charge is 0.370 e. The van der Waals surface area contributed by atoms with Crippen molar-refractivity contribution in [2.75, 3.05) is 37.6 Å². The smallest absolute Gasteiger partial charge is 0.217 e. The number of piperazine rings is 1. The molecule has 0 aromatic heterocycles. The minimum absolute atomic E-state index is 0.0419. The van der Waals surface area contributed by atoms with Gasteiger partial charge in [-0.3, -0.25) is 9.69 Å². The molecular formula is C23H32ClFN4O. The van der Waals surface area contributed by atoms with Crippen LogP contribution in [0.1, 0.15) is 44.9 Å². The molecule has 1 saturated heterocycles. The van der Waals surface area contributed by atoms with Crippen molar-refractivity contribution in [1.82, 2.24) is 4.90 Å². The lowest BCUT2D eigenvalue weighted by Crippen LogP contribution is -2.47. The van der Waals surface area contributed by atoms with Crippen LogP contribution in [0.15, 0.2) is 18.2 Å². The van der Waals surface area contributed by atoms with Gasteiger partial charge < -0.3 is 10.6 Å². The second-order valence-electron chi connectivity index (χ2n) is 8.73. The van der Waals surface area contributed by atoms with Gasteiger partial charge in [-0.05, 0) is 62.3 Å². The van der Waals surface area contributed by atoms with Crippen LogP contribution in [-0.4, -0.2) is 43.5 Å². The predicted octanol–water partition coefficient (Wildman–Crippen LogP) is 4.20. The van der Waals surface area contributed by atoms with E-state index in [4.69, 9.17) is 17.3 Å². The molecule has 1 atom stereocenters. The minimum Gasteiger partial charge on any atom is -0.370 e. The molecule has 1 amide bonds. The van der Waals surface area contributed by atoms with Gasteiger partial charge in [-0.25, -0.2) is 4.39 Å². The van der Waals surface area contributed by atoms with Crippen molar-refractivity contribution >= 4 is 23.2 Å². The summed E-state index contributed by atoms with van der Waals surface area (Å²) >= 11 is 5.86. The predicted molar refractivity (Wildman–Crippen MR) is 118 cm³/mol. The summed E-state index contributed by atoms with van der Waals surface area (Å²) in [5.41, 5.74) is 5.87. The van der Waals surface area contributed by atoms with Crippen molar-refractivity contribution in [3.8, 4) is 6.07 Å². The first-order chi connectivity index (χ1) is 14.5. The number of nitrogens with zero attached hydrogens (tertiary/aromatic N) is 3. The third-order valence-corrected chi connectivity index (χ3v) is 7.04. The number of rotatable bonds is 8. The molecule has 1 heterocycles. The van der Waals surface area contributed by atoms with E-state index in [9.17, 15) is 14.4 Å². The molecule has 1 unspecified atom stereocenters. The fourth-order valence-corrected chi connectivity index (χ4v) is 5.06. The van der Waals surface area contributed by atoms with E-state index in [0.29, 0.717) is 35.4 Å². The molecule has 30 heavy (non-hydrogen) atoms. The molecule has 3 rings (SSSR count). The van der Waals surface area contributed by atoms with Gasteiger partial charge in [-0.15, -0.1) is 0 Å². The average Bonchev–Trinajstić information content (AvgIpc) is 2.74. The van der Waals surface area contributed by atoms with Crippen molar-refractivity contribution < 1.29 is 9.18 Å². The molecule has 1 aromatic carbocycles. The van der Waals surface area contributed by atoms with Crippen molar-refractivity contribution in [1.29, 1.82) is 5.26 Å². The van der Waals surface area contributed by atoms with E-state index in [0.717, 1.165) is 58.4 Å². The summed E-state index contributed by atoms with van der Waals surface area (Å²) < 4.78 is 14.1. The molecule has 164 valence electrons. The first-order valence-electron chi connectivity index (χ1n) is 11.1. The molecule has 5 nitrogen and oxygen atoms in total. The van der Waals surface area contributed by atoms with Gasteiger partial charge in [0.1, 0.15) is 5.82 Å².